The summed E-state index contributed by atoms with van der Waals surface area (Å²) in [5.74, 6) is 0.151. The van der Waals surface area contributed by atoms with E-state index in [0.717, 1.165) is 16.7 Å². The molecule has 0 aliphatic rings. The van der Waals surface area contributed by atoms with Crippen LogP contribution < -0.4 is 10.5 Å². The van der Waals surface area contributed by atoms with Gasteiger partial charge in [0, 0.05) is 6.54 Å². The van der Waals surface area contributed by atoms with Crippen LogP contribution in [-0.4, -0.2) is 5.97 Å². The molecule has 0 saturated carbocycles. The van der Waals surface area contributed by atoms with E-state index in [2.05, 4.69) is 0 Å². The average molecular weight is 303 g/mol. The normalized spacial score (nSPS) is 10.3. The van der Waals surface area contributed by atoms with Crippen LogP contribution in [0.25, 0.3) is 11.1 Å². The minimum Gasteiger partial charge on any atom is -0.423 e. The van der Waals surface area contributed by atoms with E-state index in [9.17, 15) is 4.79 Å². The van der Waals surface area contributed by atoms with Crippen molar-refractivity contribution in [3.8, 4) is 16.9 Å². The standard InChI is InChI=1S/C20H17NO2/c21-14-15-6-8-18(9-7-15)20(22)23-19-12-10-17(11-13-19)16-4-2-1-3-5-16/h1-13H,14,21H2. The van der Waals surface area contributed by atoms with Crippen molar-refractivity contribution in [2.75, 3.05) is 0 Å². The van der Waals surface area contributed by atoms with Gasteiger partial charge in [-0.2, -0.15) is 0 Å². The Labute approximate surface area is 135 Å². The smallest absolute Gasteiger partial charge is 0.343 e. The highest BCUT2D eigenvalue weighted by Gasteiger charge is 2.08. The molecule has 0 amide bonds. The van der Waals surface area contributed by atoms with Crippen molar-refractivity contribution >= 4 is 5.97 Å². The van der Waals surface area contributed by atoms with Crippen LogP contribution in [0.4, 0.5) is 0 Å². The number of rotatable bonds is 4. The van der Waals surface area contributed by atoms with Gasteiger partial charge in [-0.1, -0.05) is 54.6 Å². The highest BCUT2D eigenvalue weighted by atomic mass is 16.5. The Morgan fingerprint density at radius 2 is 1.39 bits per heavy atom. The lowest BCUT2D eigenvalue weighted by Crippen LogP contribution is -2.08. The lowest BCUT2D eigenvalue weighted by molar-refractivity contribution is 0.0735. The molecule has 3 nitrogen and oxygen atoms in total. The third kappa shape index (κ3) is 3.65. The molecule has 0 aliphatic carbocycles. The van der Waals surface area contributed by atoms with Gasteiger partial charge >= 0.3 is 5.97 Å². The van der Waals surface area contributed by atoms with Crippen molar-refractivity contribution in [2.45, 2.75) is 6.54 Å². The highest BCUT2D eigenvalue weighted by Crippen LogP contribution is 2.22. The molecule has 0 aliphatic heterocycles. The summed E-state index contributed by atoms with van der Waals surface area (Å²) in [6.45, 7) is 0.455. The zero-order valence-corrected chi connectivity index (χ0v) is 12.6. The minimum absolute atomic E-state index is 0.374. The molecular formula is C20H17NO2. The summed E-state index contributed by atoms with van der Waals surface area (Å²) in [5.41, 5.74) is 9.24. The Kier molecular flexibility index (Phi) is 4.50. The first kappa shape index (κ1) is 15.0. The number of carbonyl (C=O) groups excluding carboxylic acids is 1. The van der Waals surface area contributed by atoms with E-state index in [1.807, 2.05) is 54.6 Å². The van der Waals surface area contributed by atoms with Gasteiger partial charge in [0.05, 0.1) is 5.56 Å². The molecule has 0 heterocycles. The Morgan fingerprint density at radius 1 is 0.783 bits per heavy atom. The third-order valence-corrected chi connectivity index (χ3v) is 3.60. The molecule has 0 bridgehead atoms. The second-order valence-corrected chi connectivity index (χ2v) is 5.18. The molecule has 3 aromatic rings. The summed E-state index contributed by atoms with van der Waals surface area (Å²) >= 11 is 0. The number of nitrogens with two attached hydrogens (primary N) is 1. The molecule has 3 aromatic carbocycles. The van der Waals surface area contributed by atoms with Gasteiger partial charge in [-0.05, 0) is 41.0 Å². The fourth-order valence-electron chi connectivity index (χ4n) is 2.29. The quantitative estimate of drug-likeness (QED) is 0.585. The van der Waals surface area contributed by atoms with Gasteiger partial charge in [-0.15, -0.1) is 0 Å². The molecule has 3 heteroatoms. The van der Waals surface area contributed by atoms with Crippen molar-refractivity contribution in [2.24, 2.45) is 5.73 Å². The Balaban J connectivity index is 1.71. The van der Waals surface area contributed by atoms with Crippen LogP contribution in [0.2, 0.25) is 0 Å². The third-order valence-electron chi connectivity index (χ3n) is 3.60. The first-order valence-electron chi connectivity index (χ1n) is 7.43. The number of benzene rings is 3. The van der Waals surface area contributed by atoms with E-state index in [4.69, 9.17) is 10.5 Å². The average Bonchev–Trinajstić information content (AvgIpc) is 2.63. The van der Waals surface area contributed by atoms with Crippen LogP contribution in [0.1, 0.15) is 15.9 Å². The molecule has 0 aromatic heterocycles. The van der Waals surface area contributed by atoms with E-state index in [0.29, 0.717) is 17.9 Å². The van der Waals surface area contributed by atoms with Gasteiger partial charge in [-0.25, -0.2) is 4.79 Å². The van der Waals surface area contributed by atoms with Crippen molar-refractivity contribution in [1.82, 2.24) is 0 Å². The molecule has 0 fully saturated rings. The van der Waals surface area contributed by atoms with Crippen molar-refractivity contribution in [3.05, 3.63) is 90.0 Å². The molecule has 0 unspecified atom stereocenters. The SMILES string of the molecule is NCc1ccc(C(=O)Oc2ccc(-c3ccccc3)cc2)cc1. The Hall–Kier alpha value is -2.91. The van der Waals surface area contributed by atoms with Gasteiger partial charge in [-0.3, -0.25) is 0 Å². The lowest BCUT2D eigenvalue weighted by atomic mass is 10.1. The van der Waals surface area contributed by atoms with Gasteiger partial charge in [0.15, 0.2) is 0 Å². The van der Waals surface area contributed by atoms with Gasteiger partial charge in [0.1, 0.15) is 5.75 Å². The van der Waals surface area contributed by atoms with Crippen LogP contribution >= 0.6 is 0 Å². The molecule has 0 atom stereocenters. The van der Waals surface area contributed by atoms with Crippen LogP contribution in [-0.2, 0) is 6.54 Å². The predicted molar refractivity (Wildman–Crippen MR) is 91.2 cm³/mol. The highest BCUT2D eigenvalue weighted by molar-refractivity contribution is 5.91. The number of esters is 1. The van der Waals surface area contributed by atoms with E-state index < -0.39 is 0 Å². The number of hydrogen-bond acceptors (Lipinski definition) is 3. The summed E-state index contributed by atoms with van der Waals surface area (Å²) in [4.78, 5) is 12.1. The number of hydrogen-bond donors (Lipinski definition) is 1. The Morgan fingerprint density at radius 3 is 2.00 bits per heavy atom. The van der Waals surface area contributed by atoms with Gasteiger partial charge in [0.25, 0.3) is 0 Å². The molecule has 3 rings (SSSR count). The maximum Gasteiger partial charge on any atom is 0.343 e. The first-order chi connectivity index (χ1) is 11.3. The van der Waals surface area contributed by atoms with E-state index in [1.165, 1.54) is 0 Å². The largest absolute Gasteiger partial charge is 0.423 e. The summed E-state index contributed by atoms with van der Waals surface area (Å²) in [6, 6.07) is 24.6. The summed E-state index contributed by atoms with van der Waals surface area (Å²) < 4.78 is 5.39. The molecule has 114 valence electrons. The second-order valence-electron chi connectivity index (χ2n) is 5.18. The van der Waals surface area contributed by atoms with Gasteiger partial charge < -0.3 is 10.5 Å². The number of carbonyl (C=O) groups is 1. The fraction of sp³-hybridized carbons (Fsp3) is 0.0500. The summed E-state index contributed by atoms with van der Waals surface area (Å²) in [6.07, 6.45) is 0. The monoisotopic (exact) mass is 303 g/mol. The zero-order chi connectivity index (χ0) is 16.1. The predicted octanol–water partition coefficient (Wildman–Crippen LogP) is 4.03. The minimum atomic E-state index is -0.374. The molecular weight excluding hydrogens is 286 g/mol. The fourth-order valence-corrected chi connectivity index (χ4v) is 2.29. The van der Waals surface area contributed by atoms with Crippen LogP contribution in [0, 0.1) is 0 Å². The first-order valence-corrected chi connectivity index (χ1v) is 7.43. The summed E-state index contributed by atoms with van der Waals surface area (Å²) in [7, 11) is 0. The molecule has 23 heavy (non-hydrogen) atoms. The van der Waals surface area contributed by atoms with Crippen molar-refractivity contribution < 1.29 is 9.53 Å². The zero-order valence-electron chi connectivity index (χ0n) is 12.6. The lowest BCUT2D eigenvalue weighted by Gasteiger charge is -2.06. The topological polar surface area (TPSA) is 52.3 Å². The Bertz CT molecular complexity index is 778. The van der Waals surface area contributed by atoms with Crippen LogP contribution in [0.15, 0.2) is 78.9 Å². The van der Waals surface area contributed by atoms with E-state index >= 15 is 0 Å². The van der Waals surface area contributed by atoms with E-state index in [-0.39, 0.29) is 5.97 Å². The van der Waals surface area contributed by atoms with Crippen LogP contribution in [0.5, 0.6) is 5.75 Å². The summed E-state index contributed by atoms with van der Waals surface area (Å²) in [5, 5.41) is 0. The van der Waals surface area contributed by atoms with Gasteiger partial charge in [0.2, 0.25) is 0 Å². The van der Waals surface area contributed by atoms with E-state index in [1.54, 1.807) is 24.3 Å². The maximum atomic E-state index is 12.1. The molecule has 2 N–H and O–H groups in total. The molecule has 0 spiro atoms. The number of ether oxygens (including phenoxy) is 1. The molecule has 0 radical (unpaired) electrons. The van der Waals surface area contributed by atoms with Crippen molar-refractivity contribution in [1.29, 1.82) is 0 Å². The van der Waals surface area contributed by atoms with Crippen LogP contribution in [0.3, 0.4) is 0 Å². The molecule has 0 saturated heterocycles. The maximum absolute atomic E-state index is 12.1. The second kappa shape index (κ2) is 6.90. The van der Waals surface area contributed by atoms with Crippen molar-refractivity contribution in [3.63, 3.8) is 0 Å².